The van der Waals surface area contributed by atoms with E-state index in [4.69, 9.17) is 4.74 Å². The minimum absolute atomic E-state index is 0.328. The molecular weight excluding hydrogens is 468 g/mol. The molecule has 1 aliphatic heterocycles. The summed E-state index contributed by atoms with van der Waals surface area (Å²) in [6.45, 7) is 5.39. The van der Waals surface area contributed by atoms with Crippen molar-refractivity contribution in [1.29, 1.82) is 0 Å². The number of thioether (sulfide) groups is 1. The van der Waals surface area contributed by atoms with Crippen LogP contribution in [-0.2, 0) is 17.8 Å². The van der Waals surface area contributed by atoms with Crippen LogP contribution in [0.25, 0.3) is 17.0 Å². The zero-order valence-electron chi connectivity index (χ0n) is 20.6. The van der Waals surface area contributed by atoms with Gasteiger partial charge in [0, 0.05) is 29.2 Å². The van der Waals surface area contributed by atoms with Crippen molar-refractivity contribution in [3.05, 3.63) is 107 Å². The number of nitrogens with zero attached hydrogens (tertiary/aromatic N) is 1. The molecule has 0 unspecified atom stereocenters. The van der Waals surface area contributed by atoms with E-state index in [9.17, 15) is 9.59 Å². The van der Waals surface area contributed by atoms with Crippen LogP contribution in [0.2, 0.25) is 0 Å². The van der Waals surface area contributed by atoms with Crippen LogP contribution in [0.1, 0.15) is 37.0 Å². The number of benzene rings is 3. The maximum Gasteiger partial charge on any atom is 0.290 e. The molecule has 1 saturated heterocycles. The number of fused-ring (bicyclic) bond motifs is 1. The summed E-state index contributed by atoms with van der Waals surface area (Å²) in [6, 6.07) is 26.8. The normalized spacial score (nSPS) is 14.0. The number of aromatic nitrogens is 1. The van der Waals surface area contributed by atoms with Gasteiger partial charge in [0.25, 0.3) is 11.1 Å². The molecule has 5 rings (SSSR count). The average Bonchev–Trinajstić information content (AvgIpc) is 3.43. The second-order valence-electron chi connectivity index (χ2n) is 8.16. The zero-order valence-corrected chi connectivity index (χ0v) is 21.4. The lowest BCUT2D eigenvalue weighted by Gasteiger charge is -2.09. The third kappa shape index (κ3) is 6.26. The second-order valence-corrected chi connectivity index (χ2v) is 9.17. The van der Waals surface area contributed by atoms with Crippen LogP contribution in [0.5, 0.6) is 5.75 Å². The predicted molar refractivity (Wildman–Crippen MR) is 148 cm³/mol. The fourth-order valence-electron chi connectivity index (χ4n) is 4.10. The molecule has 36 heavy (non-hydrogen) atoms. The molecule has 2 amide bonds. The molecule has 1 aromatic heterocycles. The van der Waals surface area contributed by atoms with Crippen LogP contribution < -0.4 is 10.1 Å². The van der Waals surface area contributed by atoms with Gasteiger partial charge in [-0.3, -0.25) is 14.9 Å². The first-order valence-electron chi connectivity index (χ1n) is 12.2. The van der Waals surface area contributed by atoms with E-state index in [1.165, 1.54) is 11.1 Å². The van der Waals surface area contributed by atoms with Crippen molar-refractivity contribution in [1.82, 2.24) is 9.88 Å². The van der Waals surface area contributed by atoms with E-state index in [2.05, 4.69) is 52.3 Å². The van der Waals surface area contributed by atoms with E-state index in [1.54, 1.807) is 6.08 Å². The van der Waals surface area contributed by atoms with Crippen LogP contribution >= 0.6 is 11.8 Å². The molecule has 1 fully saturated rings. The Balaban J connectivity index is 0.00000148. The van der Waals surface area contributed by atoms with E-state index in [0.717, 1.165) is 53.4 Å². The Kier molecular flexibility index (Phi) is 8.63. The van der Waals surface area contributed by atoms with Gasteiger partial charge in [0.05, 0.1) is 11.5 Å². The maximum absolute atomic E-state index is 11.9. The summed E-state index contributed by atoms with van der Waals surface area (Å²) in [5, 5.41) is 3.03. The lowest BCUT2D eigenvalue weighted by molar-refractivity contribution is -0.115. The Bertz CT molecular complexity index is 1360. The standard InChI is InChI=1S/C28H24N2O3S.C2H6/c31-27-26(34-28(32)29-27)18-22-19-30(25-10-5-4-9-24(22)25)15-6-16-33-23-13-11-21(12-14-23)17-20-7-2-1-3-8-20;1-2/h1-5,7-14,18-19H,6,15-17H2,(H,29,31,32);1-2H3/b26-18-;. The van der Waals surface area contributed by atoms with Gasteiger partial charge in [0.1, 0.15) is 5.75 Å². The molecule has 2 heterocycles. The topological polar surface area (TPSA) is 60.3 Å². The molecule has 6 heteroatoms. The van der Waals surface area contributed by atoms with Gasteiger partial charge >= 0.3 is 0 Å². The number of amides is 2. The van der Waals surface area contributed by atoms with E-state index >= 15 is 0 Å². The van der Waals surface area contributed by atoms with Crippen molar-refractivity contribution in [3.63, 3.8) is 0 Å². The molecule has 0 aliphatic carbocycles. The van der Waals surface area contributed by atoms with Gasteiger partial charge in [0.15, 0.2) is 0 Å². The van der Waals surface area contributed by atoms with Gasteiger partial charge in [0.2, 0.25) is 0 Å². The maximum atomic E-state index is 11.9. The fourth-order valence-corrected chi connectivity index (χ4v) is 4.77. The quantitative estimate of drug-likeness (QED) is 0.209. The highest BCUT2D eigenvalue weighted by Gasteiger charge is 2.25. The fraction of sp³-hybridized carbons (Fsp3) is 0.200. The third-order valence-electron chi connectivity index (χ3n) is 5.73. The summed E-state index contributed by atoms with van der Waals surface area (Å²) >= 11 is 0.939. The van der Waals surface area contributed by atoms with Crippen molar-refractivity contribution in [3.8, 4) is 5.75 Å². The lowest BCUT2D eigenvalue weighted by atomic mass is 10.1. The SMILES string of the molecule is CC.O=C1NC(=O)/C(=C/c2cn(CCCOc3ccc(Cc4ccccc4)cc3)c3ccccc23)S1. The number of nitrogens with one attached hydrogen (secondary N) is 1. The molecule has 0 saturated carbocycles. The number of imide groups is 1. The lowest BCUT2D eigenvalue weighted by Crippen LogP contribution is -2.17. The number of aryl methyl sites for hydroxylation is 1. The number of ether oxygens (including phenoxy) is 1. The molecule has 4 aromatic rings. The minimum Gasteiger partial charge on any atom is -0.494 e. The minimum atomic E-state index is -0.338. The van der Waals surface area contributed by atoms with Crippen LogP contribution in [-0.4, -0.2) is 22.3 Å². The number of para-hydroxylation sites is 1. The third-order valence-corrected chi connectivity index (χ3v) is 6.55. The molecule has 0 radical (unpaired) electrons. The highest BCUT2D eigenvalue weighted by atomic mass is 32.2. The van der Waals surface area contributed by atoms with Gasteiger partial charge < -0.3 is 9.30 Å². The van der Waals surface area contributed by atoms with Crippen molar-refractivity contribution in [2.45, 2.75) is 33.2 Å². The summed E-state index contributed by atoms with van der Waals surface area (Å²) in [7, 11) is 0. The molecule has 3 aromatic carbocycles. The van der Waals surface area contributed by atoms with E-state index in [1.807, 2.05) is 56.4 Å². The zero-order chi connectivity index (χ0) is 25.3. The first-order valence-corrected chi connectivity index (χ1v) is 13.1. The Morgan fingerprint density at radius 2 is 1.58 bits per heavy atom. The Hall–Kier alpha value is -3.77. The van der Waals surface area contributed by atoms with Crippen LogP contribution in [0, 0.1) is 0 Å². The number of hydrogen-bond donors (Lipinski definition) is 1. The Morgan fingerprint density at radius 1 is 0.889 bits per heavy atom. The van der Waals surface area contributed by atoms with Crippen molar-refractivity contribution in [2.75, 3.05) is 6.61 Å². The van der Waals surface area contributed by atoms with Gasteiger partial charge in [-0.25, -0.2) is 0 Å². The largest absolute Gasteiger partial charge is 0.494 e. The summed E-state index contributed by atoms with van der Waals surface area (Å²) in [4.78, 5) is 23.9. The summed E-state index contributed by atoms with van der Waals surface area (Å²) in [5.74, 6) is 0.531. The van der Waals surface area contributed by atoms with Gasteiger partial charge in [-0.1, -0.05) is 74.5 Å². The first-order chi connectivity index (χ1) is 17.7. The molecule has 184 valence electrons. The molecular formula is C30H30N2O3S. The highest BCUT2D eigenvalue weighted by molar-refractivity contribution is 8.18. The average molecular weight is 499 g/mol. The smallest absolute Gasteiger partial charge is 0.290 e. The van der Waals surface area contributed by atoms with E-state index < -0.39 is 0 Å². The summed E-state index contributed by atoms with van der Waals surface area (Å²) in [6.07, 6.45) is 5.58. The van der Waals surface area contributed by atoms with E-state index in [0.29, 0.717) is 11.5 Å². The summed E-state index contributed by atoms with van der Waals surface area (Å²) in [5.41, 5.74) is 4.57. The number of carbonyl (C=O) groups excluding carboxylic acids is 2. The van der Waals surface area contributed by atoms with Crippen molar-refractivity contribution >= 4 is 39.9 Å². The summed E-state index contributed by atoms with van der Waals surface area (Å²) < 4.78 is 8.14. The van der Waals surface area contributed by atoms with E-state index in [-0.39, 0.29) is 11.1 Å². The Morgan fingerprint density at radius 3 is 2.31 bits per heavy atom. The van der Waals surface area contributed by atoms with Crippen LogP contribution in [0.4, 0.5) is 4.79 Å². The van der Waals surface area contributed by atoms with Crippen molar-refractivity contribution in [2.24, 2.45) is 0 Å². The van der Waals surface area contributed by atoms with Gasteiger partial charge in [-0.15, -0.1) is 0 Å². The number of carbonyl (C=O) groups is 2. The van der Waals surface area contributed by atoms with Gasteiger partial charge in [-0.2, -0.15) is 0 Å². The molecule has 0 spiro atoms. The first kappa shape index (κ1) is 25.3. The predicted octanol–water partition coefficient (Wildman–Crippen LogP) is 7.05. The second kappa shape index (κ2) is 12.3. The van der Waals surface area contributed by atoms with Crippen LogP contribution in [0.15, 0.2) is 90.0 Å². The number of hydrogen-bond acceptors (Lipinski definition) is 4. The van der Waals surface area contributed by atoms with Gasteiger partial charge in [-0.05, 0) is 60.0 Å². The Labute approximate surface area is 216 Å². The van der Waals surface area contributed by atoms with Crippen molar-refractivity contribution < 1.29 is 14.3 Å². The molecule has 1 N–H and O–H groups in total. The molecule has 1 aliphatic rings. The molecule has 0 bridgehead atoms. The molecule has 5 nitrogen and oxygen atoms in total. The molecule has 0 atom stereocenters. The number of rotatable bonds is 8. The highest BCUT2D eigenvalue weighted by Crippen LogP contribution is 2.29. The van der Waals surface area contributed by atoms with Crippen LogP contribution in [0.3, 0.4) is 0 Å². The monoisotopic (exact) mass is 498 g/mol.